The van der Waals surface area contributed by atoms with E-state index in [1.165, 1.54) is 0 Å². The van der Waals surface area contributed by atoms with Crippen molar-refractivity contribution in [2.45, 2.75) is 25.9 Å². The van der Waals surface area contributed by atoms with Crippen molar-refractivity contribution in [3.8, 4) is 6.07 Å². The minimum absolute atomic E-state index is 0.262. The second-order valence-corrected chi connectivity index (χ2v) is 5.30. The van der Waals surface area contributed by atoms with Gasteiger partial charge in [0.1, 0.15) is 6.07 Å². The lowest BCUT2D eigenvalue weighted by Gasteiger charge is -2.26. The second-order valence-electron chi connectivity index (χ2n) is 4.45. The molecule has 1 aliphatic rings. The minimum Gasteiger partial charge on any atom is -0.376 e. The van der Waals surface area contributed by atoms with Crippen LogP contribution < -0.4 is 4.90 Å². The first-order valence-corrected chi connectivity index (χ1v) is 7.10. The fraction of sp³-hybridized carbons (Fsp3) is 0.500. The van der Waals surface area contributed by atoms with Crippen LogP contribution in [0.3, 0.4) is 0 Å². The molecule has 0 N–H and O–H groups in total. The molecule has 1 unspecified atom stereocenters. The highest BCUT2D eigenvalue weighted by Gasteiger charge is 2.20. The average Bonchev–Trinajstić information content (AvgIpc) is 2.63. The highest BCUT2D eigenvalue weighted by Crippen LogP contribution is 2.28. The molecule has 0 bridgehead atoms. The Morgan fingerprint density at radius 2 is 2.39 bits per heavy atom. The number of halogens is 1. The highest BCUT2D eigenvalue weighted by atomic mass is 79.9. The topological polar surface area (TPSA) is 36.3 Å². The minimum atomic E-state index is 0.262. The van der Waals surface area contributed by atoms with Gasteiger partial charge in [0.15, 0.2) is 0 Å². The van der Waals surface area contributed by atoms with Crippen molar-refractivity contribution in [1.29, 1.82) is 5.26 Å². The molecule has 1 atom stereocenters. The molecule has 3 nitrogen and oxygen atoms in total. The predicted molar refractivity (Wildman–Crippen MR) is 75.7 cm³/mol. The van der Waals surface area contributed by atoms with E-state index in [2.05, 4.69) is 33.8 Å². The monoisotopic (exact) mass is 308 g/mol. The van der Waals surface area contributed by atoms with Gasteiger partial charge in [0.05, 0.1) is 17.4 Å². The summed E-state index contributed by atoms with van der Waals surface area (Å²) in [7, 11) is 0. The van der Waals surface area contributed by atoms with Gasteiger partial charge < -0.3 is 9.64 Å². The highest BCUT2D eigenvalue weighted by molar-refractivity contribution is 9.10. The Hall–Kier alpha value is -1.05. The van der Waals surface area contributed by atoms with Crippen LogP contribution in [-0.4, -0.2) is 25.8 Å². The second kappa shape index (κ2) is 6.21. The van der Waals surface area contributed by atoms with Gasteiger partial charge in [-0.2, -0.15) is 5.26 Å². The molecule has 0 spiro atoms. The van der Waals surface area contributed by atoms with E-state index >= 15 is 0 Å². The molecule has 1 aliphatic heterocycles. The summed E-state index contributed by atoms with van der Waals surface area (Å²) in [6, 6.07) is 8.19. The molecule has 1 fully saturated rings. The van der Waals surface area contributed by atoms with E-state index in [-0.39, 0.29) is 6.10 Å². The third kappa shape index (κ3) is 2.85. The van der Waals surface area contributed by atoms with Crippen molar-refractivity contribution in [1.82, 2.24) is 0 Å². The molecule has 1 aromatic rings. The molecule has 2 rings (SSSR count). The van der Waals surface area contributed by atoms with E-state index in [0.717, 1.165) is 42.7 Å². The van der Waals surface area contributed by atoms with E-state index in [1.807, 2.05) is 18.2 Å². The maximum atomic E-state index is 9.29. The summed E-state index contributed by atoms with van der Waals surface area (Å²) in [6.07, 6.45) is 2.28. The number of benzene rings is 1. The fourth-order valence-corrected chi connectivity index (χ4v) is 2.69. The van der Waals surface area contributed by atoms with Crippen LogP contribution in [0.5, 0.6) is 0 Å². The lowest BCUT2D eigenvalue weighted by atomic mass is 10.1. The molecular weight excluding hydrogens is 292 g/mol. The Kier molecular flexibility index (Phi) is 4.62. The van der Waals surface area contributed by atoms with E-state index in [0.29, 0.717) is 5.56 Å². The Balaban J connectivity index is 2.30. The van der Waals surface area contributed by atoms with Crippen LogP contribution >= 0.6 is 15.9 Å². The molecular formula is C14H17BrN2O. The molecule has 1 heterocycles. The van der Waals surface area contributed by atoms with Crippen LogP contribution in [0.2, 0.25) is 0 Å². The Morgan fingerprint density at radius 3 is 3.11 bits per heavy atom. The van der Waals surface area contributed by atoms with Crippen LogP contribution in [0.25, 0.3) is 0 Å². The lowest BCUT2D eigenvalue weighted by Crippen LogP contribution is -2.31. The number of anilines is 1. The number of nitriles is 1. The third-order valence-electron chi connectivity index (χ3n) is 3.25. The Bertz CT molecular complexity index is 456. The van der Waals surface area contributed by atoms with E-state index in [4.69, 9.17) is 4.74 Å². The lowest BCUT2D eigenvalue weighted by molar-refractivity contribution is 0.0664. The van der Waals surface area contributed by atoms with Gasteiger partial charge in [-0.05, 0) is 40.9 Å². The zero-order valence-electron chi connectivity index (χ0n) is 10.5. The average molecular weight is 309 g/mol. The van der Waals surface area contributed by atoms with Gasteiger partial charge >= 0.3 is 0 Å². The molecule has 18 heavy (non-hydrogen) atoms. The van der Waals surface area contributed by atoms with Crippen LogP contribution in [0.1, 0.15) is 25.3 Å². The Labute approximate surface area is 116 Å². The number of rotatable bonds is 2. The molecule has 1 saturated heterocycles. The first kappa shape index (κ1) is 13.4. The van der Waals surface area contributed by atoms with E-state index in [1.54, 1.807) is 0 Å². The number of hydrogen-bond acceptors (Lipinski definition) is 3. The zero-order chi connectivity index (χ0) is 13.0. The van der Waals surface area contributed by atoms with Gasteiger partial charge in [-0.25, -0.2) is 0 Å². The van der Waals surface area contributed by atoms with E-state index in [9.17, 15) is 5.26 Å². The summed E-state index contributed by atoms with van der Waals surface area (Å²) < 4.78 is 6.63. The number of ether oxygens (including phenoxy) is 1. The van der Waals surface area contributed by atoms with Crippen LogP contribution in [0.15, 0.2) is 22.7 Å². The maximum Gasteiger partial charge on any atom is 0.103 e. The molecule has 96 valence electrons. The van der Waals surface area contributed by atoms with Gasteiger partial charge in [-0.15, -0.1) is 0 Å². The van der Waals surface area contributed by atoms with Crippen molar-refractivity contribution in [2.75, 3.05) is 24.6 Å². The largest absolute Gasteiger partial charge is 0.376 e. The summed E-state index contributed by atoms with van der Waals surface area (Å²) >= 11 is 3.45. The Morgan fingerprint density at radius 1 is 1.56 bits per heavy atom. The molecule has 0 saturated carbocycles. The van der Waals surface area contributed by atoms with Gasteiger partial charge in [0.25, 0.3) is 0 Å². The van der Waals surface area contributed by atoms with Crippen molar-refractivity contribution >= 4 is 21.6 Å². The molecule has 0 radical (unpaired) electrons. The zero-order valence-corrected chi connectivity index (χ0v) is 12.1. The van der Waals surface area contributed by atoms with Crippen LogP contribution in [0.4, 0.5) is 5.69 Å². The molecule has 0 aliphatic carbocycles. The van der Waals surface area contributed by atoms with Crippen LogP contribution in [0, 0.1) is 11.3 Å². The SMILES string of the molecule is CCC1CN(c2cccc(Br)c2C#N)CCCO1. The summed E-state index contributed by atoms with van der Waals surface area (Å²) in [6.45, 7) is 4.76. The number of nitrogens with zero attached hydrogens (tertiary/aromatic N) is 2. The van der Waals surface area contributed by atoms with Gasteiger partial charge in [-0.3, -0.25) is 0 Å². The third-order valence-corrected chi connectivity index (χ3v) is 3.91. The summed E-state index contributed by atoms with van der Waals surface area (Å²) in [5, 5.41) is 9.29. The van der Waals surface area contributed by atoms with Gasteiger partial charge in [-0.1, -0.05) is 13.0 Å². The molecule has 1 aromatic carbocycles. The molecule has 0 amide bonds. The summed E-state index contributed by atoms with van der Waals surface area (Å²) in [5.74, 6) is 0. The van der Waals surface area contributed by atoms with Crippen molar-refractivity contribution < 1.29 is 4.74 Å². The first-order valence-electron chi connectivity index (χ1n) is 6.31. The molecule has 4 heteroatoms. The van der Waals surface area contributed by atoms with Crippen molar-refractivity contribution in [3.63, 3.8) is 0 Å². The summed E-state index contributed by atoms with van der Waals surface area (Å²) in [4.78, 5) is 2.27. The standard InChI is InChI=1S/C14H17BrN2O/c1-2-11-10-17(7-4-8-18-11)14-6-3-5-13(15)12(14)9-16/h3,5-6,11H,2,4,7-8,10H2,1H3. The molecule has 0 aromatic heterocycles. The number of hydrogen-bond donors (Lipinski definition) is 0. The van der Waals surface area contributed by atoms with Crippen LogP contribution in [-0.2, 0) is 4.74 Å². The fourth-order valence-electron chi connectivity index (χ4n) is 2.25. The van der Waals surface area contributed by atoms with Gasteiger partial charge in [0.2, 0.25) is 0 Å². The van der Waals surface area contributed by atoms with Gasteiger partial charge in [0, 0.05) is 24.2 Å². The maximum absolute atomic E-state index is 9.29. The normalized spacial score (nSPS) is 20.3. The summed E-state index contributed by atoms with van der Waals surface area (Å²) in [5.41, 5.74) is 1.73. The van der Waals surface area contributed by atoms with E-state index < -0.39 is 0 Å². The quantitative estimate of drug-likeness (QED) is 0.841. The predicted octanol–water partition coefficient (Wildman–Crippen LogP) is 3.33. The first-order chi connectivity index (χ1) is 8.76. The van der Waals surface area contributed by atoms with Crippen molar-refractivity contribution in [3.05, 3.63) is 28.2 Å². The van der Waals surface area contributed by atoms with Crippen molar-refractivity contribution in [2.24, 2.45) is 0 Å². The smallest absolute Gasteiger partial charge is 0.103 e.